The smallest absolute Gasteiger partial charge is 0.146 e. The third-order valence-corrected chi connectivity index (χ3v) is 4.56. The molecule has 2 aliphatic rings. The van der Waals surface area contributed by atoms with E-state index in [9.17, 15) is 4.79 Å². The van der Waals surface area contributed by atoms with Gasteiger partial charge in [0, 0.05) is 6.04 Å². The van der Waals surface area contributed by atoms with Gasteiger partial charge in [-0.3, -0.25) is 4.79 Å². The van der Waals surface area contributed by atoms with E-state index in [0.29, 0.717) is 11.8 Å². The van der Waals surface area contributed by atoms with E-state index in [1.165, 1.54) is 44.9 Å². The van der Waals surface area contributed by atoms with Gasteiger partial charge in [0.1, 0.15) is 5.78 Å². The van der Waals surface area contributed by atoms with E-state index < -0.39 is 0 Å². The van der Waals surface area contributed by atoms with Gasteiger partial charge < -0.3 is 10.6 Å². The summed E-state index contributed by atoms with van der Waals surface area (Å²) < 4.78 is 0. The van der Waals surface area contributed by atoms with Gasteiger partial charge in [0.25, 0.3) is 0 Å². The average Bonchev–Trinajstić information content (AvgIpc) is 2.40. The minimum atomic E-state index is 0.108. The monoisotopic (exact) mass is 252 g/mol. The van der Waals surface area contributed by atoms with Crippen LogP contribution in [-0.4, -0.2) is 31.0 Å². The summed E-state index contributed by atoms with van der Waals surface area (Å²) in [4.78, 5) is 11.8. The van der Waals surface area contributed by atoms with E-state index >= 15 is 0 Å². The van der Waals surface area contributed by atoms with Gasteiger partial charge in [-0.05, 0) is 58.0 Å². The Labute approximate surface area is 111 Å². The summed E-state index contributed by atoms with van der Waals surface area (Å²) in [5, 5.41) is 7.03. The molecular formula is C15H28N2O. The number of carbonyl (C=O) groups is 1. The first kappa shape index (κ1) is 14.0. The Balaban J connectivity index is 1.80. The Morgan fingerprint density at radius 3 is 2.44 bits per heavy atom. The van der Waals surface area contributed by atoms with E-state index in [1.54, 1.807) is 6.92 Å². The number of rotatable bonds is 5. The minimum absolute atomic E-state index is 0.108. The Kier molecular flexibility index (Phi) is 5.64. The highest BCUT2D eigenvalue weighted by Gasteiger charge is 2.24. The van der Waals surface area contributed by atoms with Crippen LogP contribution in [0.4, 0.5) is 0 Å². The molecule has 1 aliphatic heterocycles. The fraction of sp³-hybridized carbons (Fsp3) is 0.933. The number of hydrogen-bond donors (Lipinski definition) is 2. The molecule has 3 heteroatoms. The zero-order valence-corrected chi connectivity index (χ0v) is 11.7. The second kappa shape index (κ2) is 7.25. The molecule has 0 amide bonds. The van der Waals surface area contributed by atoms with Crippen molar-refractivity contribution < 1.29 is 4.79 Å². The van der Waals surface area contributed by atoms with Crippen LogP contribution in [-0.2, 0) is 4.79 Å². The molecule has 1 saturated carbocycles. The third kappa shape index (κ3) is 4.36. The average molecular weight is 252 g/mol. The summed E-state index contributed by atoms with van der Waals surface area (Å²) in [6, 6.07) is 0.700. The lowest BCUT2D eigenvalue weighted by atomic mass is 9.88. The number of Topliss-reactive ketones (excluding diaryl/α,β-unsaturated/α-hetero) is 1. The molecule has 0 aromatic rings. The lowest BCUT2D eigenvalue weighted by molar-refractivity contribution is -0.119. The molecule has 0 spiro atoms. The van der Waals surface area contributed by atoms with Gasteiger partial charge in [-0.15, -0.1) is 0 Å². The molecule has 18 heavy (non-hydrogen) atoms. The van der Waals surface area contributed by atoms with Crippen molar-refractivity contribution in [2.45, 2.75) is 70.4 Å². The predicted molar refractivity (Wildman–Crippen MR) is 74.7 cm³/mol. The maximum absolute atomic E-state index is 11.8. The highest BCUT2D eigenvalue weighted by molar-refractivity contribution is 5.81. The van der Waals surface area contributed by atoms with Gasteiger partial charge in [-0.25, -0.2) is 0 Å². The number of nitrogens with one attached hydrogen (secondary N) is 2. The fourth-order valence-electron chi connectivity index (χ4n) is 3.36. The molecule has 104 valence electrons. The summed E-state index contributed by atoms with van der Waals surface area (Å²) in [5.41, 5.74) is 0. The van der Waals surface area contributed by atoms with Crippen LogP contribution in [0.25, 0.3) is 0 Å². The molecule has 0 radical (unpaired) electrons. The number of hydrogen-bond acceptors (Lipinski definition) is 3. The zero-order valence-electron chi connectivity index (χ0n) is 11.7. The van der Waals surface area contributed by atoms with Crippen molar-refractivity contribution in [3.05, 3.63) is 0 Å². The zero-order chi connectivity index (χ0) is 12.8. The summed E-state index contributed by atoms with van der Waals surface area (Å²) in [5.74, 6) is 1.07. The molecule has 1 atom stereocenters. The highest BCUT2D eigenvalue weighted by atomic mass is 16.1. The van der Waals surface area contributed by atoms with Crippen molar-refractivity contribution >= 4 is 5.78 Å². The molecule has 1 aliphatic carbocycles. The molecule has 1 unspecified atom stereocenters. The van der Waals surface area contributed by atoms with E-state index in [-0.39, 0.29) is 6.04 Å². The Bertz CT molecular complexity index is 235. The van der Waals surface area contributed by atoms with E-state index in [2.05, 4.69) is 10.6 Å². The van der Waals surface area contributed by atoms with Crippen molar-refractivity contribution in [3.8, 4) is 0 Å². The van der Waals surface area contributed by atoms with Crippen LogP contribution in [0.1, 0.15) is 58.3 Å². The van der Waals surface area contributed by atoms with Crippen LogP contribution in [0, 0.1) is 5.92 Å². The Morgan fingerprint density at radius 2 is 1.83 bits per heavy atom. The molecule has 2 N–H and O–H groups in total. The standard InChI is InChI=1S/C15H28N2O/c1-12(18)15(11-13-7-9-16-10-8-13)17-14-5-3-2-4-6-14/h13-17H,2-11H2,1H3. The molecular weight excluding hydrogens is 224 g/mol. The molecule has 1 saturated heterocycles. The van der Waals surface area contributed by atoms with E-state index in [1.807, 2.05) is 0 Å². The Morgan fingerprint density at radius 1 is 1.17 bits per heavy atom. The number of ketones is 1. The largest absolute Gasteiger partial charge is 0.317 e. The second-order valence-electron chi connectivity index (χ2n) is 6.09. The molecule has 3 nitrogen and oxygen atoms in total. The normalized spacial score (nSPS) is 24.9. The van der Waals surface area contributed by atoms with Gasteiger partial charge in [-0.2, -0.15) is 0 Å². The van der Waals surface area contributed by atoms with Gasteiger partial charge >= 0.3 is 0 Å². The summed E-state index contributed by atoms with van der Waals surface area (Å²) in [6.07, 6.45) is 10.1. The van der Waals surface area contributed by atoms with E-state index in [0.717, 1.165) is 25.4 Å². The minimum Gasteiger partial charge on any atom is -0.317 e. The van der Waals surface area contributed by atoms with Gasteiger partial charge in [0.2, 0.25) is 0 Å². The topological polar surface area (TPSA) is 41.1 Å². The van der Waals surface area contributed by atoms with Crippen molar-refractivity contribution in [2.24, 2.45) is 5.92 Å². The number of carbonyl (C=O) groups excluding carboxylic acids is 1. The molecule has 2 fully saturated rings. The van der Waals surface area contributed by atoms with Gasteiger partial charge in [-0.1, -0.05) is 19.3 Å². The summed E-state index contributed by atoms with van der Waals surface area (Å²) in [7, 11) is 0. The van der Waals surface area contributed by atoms with Crippen LogP contribution in [0.2, 0.25) is 0 Å². The molecule has 0 bridgehead atoms. The predicted octanol–water partition coefficient (Wildman–Crippen LogP) is 2.26. The molecule has 1 heterocycles. The quantitative estimate of drug-likeness (QED) is 0.788. The third-order valence-electron chi connectivity index (χ3n) is 4.56. The maximum Gasteiger partial charge on any atom is 0.146 e. The van der Waals surface area contributed by atoms with Gasteiger partial charge in [0.15, 0.2) is 0 Å². The van der Waals surface area contributed by atoms with Crippen LogP contribution in [0.15, 0.2) is 0 Å². The maximum atomic E-state index is 11.8. The first-order valence-corrected chi connectivity index (χ1v) is 7.73. The van der Waals surface area contributed by atoms with Crippen LogP contribution in [0.5, 0.6) is 0 Å². The second-order valence-corrected chi connectivity index (χ2v) is 6.09. The molecule has 0 aromatic carbocycles. The van der Waals surface area contributed by atoms with Crippen LogP contribution in [0.3, 0.4) is 0 Å². The summed E-state index contributed by atoms with van der Waals surface area (Å²) in [6.45, 7) is 4.00. The Hall–Kier alpha value is -0.410. The first-order valence-electron chi connectivity index (χ1n) is 7.73. The number of piperidine rings is 1. The van der Waals surface area contributed by atoms with Crippen molar-refractivity contribution in [2.75, 3.05) is 13.1 Å². The van der Waals surface area contributed by atoms with Gasteiger partial charge in [0.05, 0.1) is 6.04 Å². The molecule has 0 aromatic heterocycles. The van der Waals surface area contributed by atoms with Crippen LogP contribution < -0.4 is 10.6 Å². The lowest BCUT2D eigenvalue weighted by Crippen LogP contribution is -2.45. The highest BCUT2D eigenvalue weighted by Crippen LogP contribution is 2.22. The van der Waals surface area contributed by atoms with Crippen molar-refractivity contribution in [1.82, 2.24) is 10.6 Å². The SMILES string of the molecule is CC(=O)C(CC1CCNCC1)NC1CCCCC1. The summed E-state index contributed by atoms with van der Waals surface area (Å²) >= 11 is 0. The van der Waals surface area contributed by atoms with Crippen molar-refractivity contribution in [1.29, 1.82) is 0 Å². The first-order chi connectivity index (χ1) is 8.75. The van der Waals surface area contributed by atoms with Crippen LogP contribution >= 0.6 is 0 Å². The van der Waals surface area contributed by atoms with Crippen molar-refractivity contribution in [3.63, 3.8) is 0 Å². The lowest BCUT2D eigenvalue weighted by Gasteiger charge is -2.31. The van der Waals surface area contributed by atoms with E-state index in [4.69, 9.17) is 0 Å². The fourth-order valence-corrected chi connectivity index (χ4v) is 3.36. The molecule has 2 rings (SSSR count).